The van der Waals surface area contributed by atoms with Crippen molar-refractivity contribution in [1.29, 1.82) is 0 Å². The number of carbonyl (C=O) groups is 1. The minimum atomic E-state index is -0.540. The molecule has 0 radical (unpaired) electrons. The third-order valence-electron chi connectivity index (χ3n) is 5.44. The van der Waals surface area contributed by atoms with Crippen LogP contribution in [0, 0.1) is 19.7 Å². The lowest BCUT2D eigenvalue weighted by Gasteiger charge is -2.35. The second-order valence-corrected chi connectivity index (χ2v) is 7.81. The molecule has 1 aliphatic heterocycles. The number of ether oxygens (including phenoxy) is 1. The smallest absolute Gasteiger partial charge is 0.254 e. The quantitative estimate of drug-likeness (QED) is 0.655. The lowest BCUT2D eigenvalue weighted by molar-refractivity contribution is 0.0746. The van der Waals surface area contributed by atoms with Gasteiger partial charge in [-0.3, -0.25) is 4.79 Å². The van der Waals surface area contributed by atoms with Gasteiger partial charge in [-0.25, -0.2) is 9.37 Å². The number of hydrogen-bond acceptors (Lipinski definition) is 6. The molecule has 0 spiro atoms. The molecule has 2 heterocycles. The van der Waals surface area contributed by atoms with Crippen molar-refractivity contribution >= 4 is 23.4 Å². The Kier molecular flexibility index (Phi) is 6.20. The van der Waals surface area contributed by atoms with Crippen molar-refractivity contribution in [3.05, 3.63) is 71.2 Å². The number of benzene rings is 2. The zero-order valence-corrected chi connectivity index (χ0v) is 18.4. The van der Waals surface area contributed by atoms with Gasteiger partial charge < -0.3 is 19.9 Å². The fourth-order valence-electron chi connectivity index (χ4n) is 3.66. The van der Waals surface area contributed by atoms with Gasteiger partial charge in [-0.2, -0.15) is 4.98 Å². The van der Waals surface area contributed by atoms with Crippen LogP contribution < -0.4 is 15.0 Å². The van der Waals surface area contributed by atoms with Crippen LogP contribution in [-0.4, -0.2) is 54.1 Å². The summed E-state index contributed by atoms with van der Waals surface area (Å²) in [6, 6.07) is 14.3. The molecular formula is C24H26FN5O2. The summed E-state index contributed by atoms with van der Waals surface area (Å²) in [5, 5.41) is 3.26. The summed E-state index contributed by atoms with van der Waals surface area (Å²) in [5.74, 6) is 0.750. The third kappa shape index (κ3) is 4.80. The highest BCUT2D eigenvalue weighted by Gasteiger charge is 2.24. The van der Waals surface area contributed by atoms with Crippen molar-refractivity contribution in [2.75, 3.05) is 43.5 Å². The van der Waals surface area contributed by atoms with E-state index < -0.39 is 5.82 Å². The number of piperazine rings is 1. The number of aromatic nitrogens is 2. The van der Waals surface area contributed by atoms with Crippen LogP contribution in [0.2, 0.25) is 0 Å². The van der Waals surface area contributed by atoms with Crippen molar-refractivity contribution in [2.45, 2.75) is 13.8 Å². The lowest BCUT2D eigenvalue weighted by Crippen LogP contribution is -2.49. The first-order valence-corrected chi connectivity index (χ1v) is 10.5. The standard InChI is InChI=1S/C24H26FN5O2/c1-16-4-7-19(8-5-16)27-24-26-17(2)14-22(28-24)29-10-12-30(13-11-29)23(31)18-6-9-21(32-3)20(25)15-18/h4-9,14-15H,10-13H2,1-3H3,(H,26,27,28). The van der Waals surface area contributed by atoms with E-state index in [9.17, 15) is 9.18 Å². The average molecular weight is 436 g/mol. The Labute approximate surface area is 186 Å². The summed E-state index contributed by atoms with van der Waals surface area (Å²) in [6.07, 6.45) is 0. The lowest BCUT2D eigenvalue weighted by atomic mass is 10.1. The molecule has 1 fully saturated rings. The molecule has 1 aromatic heterocycles. The van der Waals surface area contributed by atoms with E-state index in [1.807, 2.05) is 44.2 Å². The highest BCUT2D eigenvalue weighted by atomic mass is 19.1. The van der Waals surface area contributed by atoms with Crippen LogP contribution in [0.3, 0.4) is 0 Å². The Morgan fingerprint density at radius 3 is 2.38 bits per heavy atom. The Morgan fingerprint density at radius 2 is 1.72 bits per heavy atom. The van der Waals surface area contributed by atoms with E-state index >= 15 is 0 Å². The van der Waals surface area contributed by atoms with E-state index in [1.165, 1.54) is 24.8 Å². The Balaban J connectivity index is 1.42. The fraction of sp³-hybridized carbons (Fsp3) is 0.292. The molecule has 8 heteroatoms. The van der Waals surface area contributed by atoms with Gasteiger partial charge in [0.05, 0.1) is 7.11 Å². The van der Waals surface area contributed by atoms with Crippen LogP contribution in [0.15, 0.2) is 48.5 Å². The molecule has 166 valence electrons. The first kappa shape index (κ1) is 21.5. The maximum absolute atomic E-state index is 14.0. The van der Waals surface area contributed by atoms with E-state index in [0.29, 0.717) is 37.7 Å². The van der Waals surface area contributed by atoms with Crippen LogP contribution in [-0.2, 0) is 0 Å². The predicted molar refractivity (Wildman–Crippen MR) is 122 cm³/mol. The van der Waals surface area contributed by atoms with Crippen molar-refractivity contribution in [2.24, 2.45) is 0 Å². The van der Waals surface area contributed by atoms with E-state index in [2.05, 4.69) is 20.2 Å². The largest absolute Gasteiger partial charge is 0.494 e. The van der Waals surface area contributed by atoms with E-state index in [0.717, 1.165) is 17.2 Å². The van der Waals surface area contributed by atoms with Gasteiger partial charge in [0.25, 0.3) is 5.91 Å². The molecule has 3 aromatic rings. The van der Waals surface area contributed by atoms with E-state index in [-0.39, 0.29) is 11.7 Å². The molecule has 0 atom stereocenters. The topological polar surface area (TPSA) is 70.6 Å². The normalized spacial score (nSPS) is 13.8. The maximum atomic E-state index is 14.0. The van der Waals surface area contributed by atoms with Gasteiger partial charge in [-0.15, -0.1) is 0 Å². The summed E-state index contributed by atoms with van der Waals surface area (Å²) in [7, 11) is 1.40. The number of halogens is 1. The van der Waals surface area contributed by atoms with Gasteiger partial charge in [-0.1, -0.05) is 17.7 Å². The number of carbonyl (C=O) groups excluding carboxylic acids is 1. The van der Waals surface area contributed by atoms with Crippen LogP contribution in [0.1, 0.15) is 21.6 Å². The highest BCUT2D eigenvalue weighted by Crippen LogP contribution is 2.22. The van der Waals surface area contributed by atoms with Gasteiger partial charge in [0, 0.05) is 49.2 Å². The Morgan fingerprint density at radius 1 is 1.00 bits per heavy atom. The Bertz CT molecular complexity index is 1110. The van der Waals surface area contributed by atoms with Gasteiger partial charge in [-0.05, 0) is 44.2 Å². The molecule has 1 aliphatic rings. The molecule has 1 saturated heterocycles. The first-order chi connectivity index (χ1) is 15.4. The number of aryl methyl sites for hydroxylation is 2. The number of nitrogens with zero attached hydrogens (tertiary/aromatic N) is 4. The summed E-state index contributed by atoms with van der Waals surface area (Å²) in [6.45, 7) is 6.28. The maximum Gasteiger partial charge on any atom is 0.254 e. The molecule has 1 N–H and O–H groups in total. The SMILES string of the molecule is COc1ccc(C(=O)N2CCN(c3cc(C)nc(Nc4ccc(C)cc4)n3)CC2)cc1F. The van der Waals surface area contributed by atoms with Crippen LogP contribution in [0.5, 0.6) is 5.75 Å². The van der Waals surface area contributed by atoms with E-state index in [4.69, 9.17) is 4.74 Å². The van der Waals surface area contributed by atoms with Gasteiger partial charge in [0.2, 0.25) is 5.95 Å². The van der Waals surface area contributed by atoms with Crippen molar-refractivity contribution in [3.8, 4) is 5.75 Å². The van der Waals surface area contributed by atoms with Crippen LogP contribution in [0.4, 0.5) is 21.8 Å². The number of nitrogens with one attached hydrogen (secondary N) is 1. The number of rotatable bonds is 5. The van der Waals surface area contributed by atoms with Crippen LogP contribution >= 0.6 is 0 Å². The monoisotopic (exact) mass is 435 g/mol. The molecule has 0 saturated carbocycles. The van der Waals surface area contributed by atoms with E-state index in [1.54, 1.807) is 11.0 Å². The molecule has 0 aliphatic carbocycles. The summed E-state index contributed by atoms with van der Waals surface area (Å²) < 4.78 is 18.9. The second-order valence-electron chi connectivity index (χ2n) is 7.81. The average Bonchev–Trinajstić information content (AvgIpc) is 2.80. The molecule has 32 heavy (non-hydrogen) atoms. The molecule has 1 amide bonds. The Hall–Kier alpha value is -3.68. The summed E-state index contributed by atoms with van der Waals surface area (Å²) >= 11 is 0. The fourth-order valence-corrected chi connectivity index (χ4v) is 3.66. The summed E-state index contributed by atoms with van der Waals surface area (Å²) in [5.41, 5.74) is 3.29. The minimum Gasteiger partial charge on any atom is -0.494 e. The van der Waals surface area contributed by atoms with Crippen molar-refractivity contribution < 1.29 is 13.9 Å². The molecule has 2 aromatic carbocycles. The zero-order valence-electron chi connectivity index (χ0n) is 18.4. The van der Waals surface area contributed by atoms with Crippen molar-refractivity contribution in [1.82, 2.24) is 14.9 Å². The number of methoxy groups -OCH3 is 1. The van der Waals surface area contributed by atoms with Crippen LogP contribution in [0.25, 0.3) is 0 Å². The first-order valence-electron chi connectivity index (χ1n) is 10.5. The molecular weight excluding hydrogens is 409 g/mol. The van der Waals surface area contributed by atoms with Gasteiger partial charge in [0.15, 0.2) is 11.6 Å². The second kappa shape index (κ2) is 9.21. The van der Waals surface area contributed by atoms with Gasteiger partial charge >= 0.3 is 0 Å². The number of anilines is 3. The van der Waals surface area contributed by atoms with Crippen molar-refractivity contribution in [3.63, 3.8) is 0 Å². The molecule has 0 bridgehead atoms. The third-order valence-corrected chi connectivity index (χ3v) is 5.44. The number of amides is 1. The molecule has 7 nitrogen and oxygen atoms in total. The zero-order chi connectivity index (χ0) is 22.7. The number of hydrogen-bond donors (Lipinski definition) is 1. The molecule has 4 rings (SSSR count). The predicted octanol–water partition coefficient (Wildman–Crippen LogP) is 3.95. The highest BCUT2D eigenvalue weighted by molar-refractivity contribution is 5.94. The summed E-state index contributed by atoms with van der Waals surface area (Å²) in [4.78, 5) is 25.8. The van der Waals surface area contributed by atoms with Gasteiger partial charge in [0.1, 0.15) is 5.82 Å². The minimum absolute atomic E-state index is 0.126. The molecule has 0 unspecified atom stereocenters.